The van der Waals surface area contributed by atoms with Crippen molar-refractivity contribution in [3.63, 3.8) is 0 Å². The molecule has 0 amide bonds. The maximum atomic E-state index is 4.29. The van der Waals surface area contributed by atoms with Crippen LogP contribution in [0.4, 0.5) is 0 Å². The SMILES string of the molecule is Cc1cccnc1-c1ccccn1.[Cu]. The van der Waals surface area contributed by atoms with E-state index >= 15 is 0 Å². The smallest absolute Gasteiger partial charge is 0.0915 e. The Morgan fingerprint density at radius 2 is 1.71 bits per heavy atom. The van der Waals surface area contributed by atoms with Crippen molar-refractivity contribution in [2.24, 2.45) is 0 Å². The van der Waals surface area contributed by atoms with Crippen molar-refractivity contribution in [2.75, 3.05) is 0 Å². The average molecular weight is 234 g/mol. The van der Waals surface area contributed by atoms with Crippen molar-refractivity contribution in [3.05, 3.63) is 48.3 Å². The zero-order chi connectivity index (χ0) is 9.10. The molecule has 0 bridgehead atoms. The Bertz CT molecular complexity index is 401. The van der Waals surface area contributed by atoms with Crippen molar-refractivity contribution < 1.29 is 17.1 Å². The van der Waals surface area contributed by atoms with Gasteiger partial charge >= 0.3 is 0 Å². The van der Waals surface area contributed by atoms with Crippen LogP contribution in [0.2, 0.25) is 0 Å². The van der Waals surface area contributed by atoms with Gasteiger partial charge in [-0.3, -0.25) is 9.97 Å². The van der Waals surface area contributed by atoms with Crippen LogP contribution >= 0.6 is 0 Å². The summed E-state index contributed by atoms with van der Waals surface area (Å²) < 4.78 is 0. The van der Waals surface area contributed by atoms with Gasteiger partial charge in [-0.2, -0.15) is 0 Å². The molecule has 0 saturated carbocycles. The van der Waals surface area contributed by atoms with E-state index in [9.17, 15) is 0 Å². The fourth-order valence-electron chi connectivity index (χ4n) is 1.26. The first-order valence-corrected chi connectivity index (χ1v) is 4.21. The summed E-state index contributed by atoms with van der Waals surface area (Å²) in [7, 11) is 0. The molecule has 0 spiro atoms. The summed E-state index contributed by atoms with van der Waals surface area (Å²) in [4.78, 5) is 8.53. The van der Waals surface area contributed by atoms with Crippen LogP contribution in [0.3, 0.4) is 0 Å². The van der Waals surface area contributed by atoms with Gasteiger partial charge in [0.05, 0.1) is 11.4 Å². The van der Waals surface area contributed by atoms with Gasteiger partial charge in [0, 0.05) is 29.5 Å². The second-order valence-corrected chi connectivity index (χ2v) is 2.88. The van der Waals surface area contributed by atoms with Gasteiger partial charge in [0.15, 0.2) is 0 Å². The quantitative estimate of drug-likeness (QED) is 0.708. The molecule has 0 aromatic carbocycles. The maximum Gasteiger partial charge on any atom is 0.0915 e. The van der Waals surface area contributed by atoms with Crippen LogP contribution in [0.1, 0.15) is 5.56 Å². The third-order valence-electron chi connectivity index (χ3n) is 1.92. The second kappa shape index (κ2) is 4.89. The molecule has 14 heavy (non-hydrogen) atoms. The summed E-state index contributed by atoms with van der Waals surface area (Å²) >= 11 is 0. The molecule has 0 aliphatic heterocycles. The largest absolute Gasteiger partial charge is 0.255 e. The molecular formula is C11H10CuN2. The van der Waals surface area contributed by atoms with Crippen molar-refractivity contribution in [1.29, 1.82) is 0 Å². The van der Waals surface area contributed by atoms with E-state index in [-0.39, 0.29) is 17.1 Å². The van der Waals surface area contributed by atoms with Crippen LogP contribution in [0, 0.1) is 6.92 Å². The molecule has 0 atom stereocenters. The van der Waals surface area contributed by atoms with Crippen molar-refractivity contribution in [2.45, 2.75) is 6.92 Å². The summed E-state index contributed by atoms with van der Waals surface area (Å²) in [5, 5.41) is 0. The summed E-state index contributed by atoms with van der Waals surface area (Å²) in [5.74, 6) is 0. The molecule has 75 valence electrons. The first-order valence-electron chi connectivity index (χ1n) is 4.21. The van der Waals surface area contributed by atoms with Crippen molar-refractivity contribution in [3.8, 4) is 11.4 Å². The first kappa shape index (κ1) is 10.9. The number of nitrogens with zero attached hydrogens (tertiary/aromatic N) is 2. The van der Waals surface area contributed by atoms with Gasteiger partial charge in [-0.05, 0) is 30.7 Å². The molecule has 0 saturated heterocycles. The second-order valence-electron chi connectivity index (χ2n) is 2.88. The zero-order valence-electron chi connectivity index (χ0n) is 7.74. The fraction of sp³-hybridized carbons (Fsp3) is 0.0909. The molecule has 0 fully saturated rings. The number of rotatable bonds is 1. The first-order chi connectivity index (χ1) is 6.38. The standard InChI is InChI=1S/C11H10N2.Cu/c1-9-5-4-8-13-11(9)10-6-2-3-7-12-10;/h2-8H,1H3;. The Balaban J connectivity index is 0.000000980. The fourth-order valence-corrected chi connectivity index (χ4v) is 1.26. The van der Waals surface area contributed by atoms with Crippen LogP contribution in [0.15, 0.2) is 42.7 Å². The average Bonchev–Trinajstić information content (AvgIpc) is 2.20. The molecule has 2 heterocycles. The van der Waals surface area contributed by atoms with Crippen LogP contribution in [-0.4, -0.2) is 9.97 Å². The van der Waals surface area contributed by atoms with Gasteiger partial charge in [0.25, 0.3) is 0 Å². The van der Waals surface area contributed by atoms with E-state index in [2.05, 4.69) is 9.97 Å². The molecule has 2 nitrogen and oxygen atoms in total. The van der Waals surface area contributed by atoms with Crippen LogP contribution < -0.4 is 0 Å². The van der Waals surface area contributed by atoms with Crippen LogP contribution in [-0.2, 0) is 17.1 Å². The van der Waals surface area contributed by atoms with Gasteiger partial charge in [-0.15, -0.1) is 0 Å². The van der Waals surface area contributed by atoms with E-state index in [4.69, 9.17) is 0 Å². The molecule has 2 rings (SSSR count). The van der Waals surface area contributed by atoms with Gasteiger partial charge in [-0.25, -0.2) is 0 Å². The van der Waals surface area contributed by atoms with E-state index in [1.54, 1.807) is 12.4 Å². The number of aromatic nitrogens is 2. The third kappa shape index (κ3) is 2.19. The van der Waals surface area contributed by atoms with E-state index in [1.807, 2.05) is 37.3 Å². The minimum atomic E-state index is 0. The van der Waals surface area contributed by atoms with E-state index < -0.39 is 0 Å². The molecule has 2 aromatic rings. The Morgan fingerprint density at radius 3 is 2.36 bits per heavy atom. The monoisotopic (exact) mass is 233 g/mol. The normalized spacial score (nSPS) is 9.21. The number of pyridine rings is 2. The molecule has 2 aromatic heterocycles. The van der Waals surface area contributed by atoms with E-state index in [1.165, 1.54) is 0 Å². The summed E-state index contributed by atoms with van der Waals surface area (Å²) in [6.07, 6.45) is 3.57. The Kier molecular flexibility index (Phi) is 3.81. The minimum Gasteiger partial charge on any atom is -0.255 e. The maximum absolute atomic E-state index is 4.29. The summed E-state index contributed by atoms with van der Waals surface area (Å²) in [5.41, 5.74) is 3.05. The minimum absolute atomic E-state index is 0. The molecular weight excluding hydrogens is 224 g/mol. The van der Waals surface area contributed by atoms with Crippen molar-refractivity contribution >= 4 is 0 Å². The van der Waals surface area contributed by atoms with E-state index in [0.717, 1.165) is 17.0 Å². The van der Waals surface area contributed by atoms with Gasteiger partial charge in [0.1, 0.15) is 0 Å². The Hall–Kier alpha value is -1.18. The Morgan fingerprint density at radius 1 is 0.929 bits per heavy atom. The molecule has 0 N–H and O–H groups in total. The van der Waals surface area contributed by atoms with Crippen LogP contribution in [0.5, 0.6) is 0 Å². The third-order valence-corrected chi connectivity index (χ3v) is 1.92. The molecule has 1 radical (unpaired) electrons. The molecule has 0 unspecified atom stereocenters. The number of hydrogen-bond donors (Lipinski definition) is 0. The topological polar surface area (TPSA) is 25.8 Å². The number of aryl methyl sites for hydroxylation is 1. The van der Waals surface area contributed by atoms with Gasteiger partial charge in [0.2, 0.25) is 0 Å². The molecule has 0 aliphatic rings. The van der Waals surface area contributed by atoms with Crippen LogP contribution in [0.25, 0.3) is 11.4 Å². The van der Waals surface area contributed by atoms with Gasteiger partial charge in [-0.1, -0.05) is 12.1 Å². The van der Waals surface area contributed by atoms with Crippen molar-refractivity contribution in [1.82, 2.24) is 9.97 Å². The van der Waals surface area contributed by atoms with Gasteiger partial charge < -0.3 is 0 Å². The number of hydrogen-bond acceptors (Lipinski definition) is 2. The van der Waals surface area contributed by atoms with E-state index in [0.29, 0.717) is 0 Å². The predicted molar refractivity (Wildman–Crippen MR) is 52.2 cm³/mol. The molecule has 3 heteroatoms. The zero-order valence-corrected chi connectivity index (χ0v) is 8.68. The summed E-state index contributed by atoms with van der Waals surface area (Å²) in [6, 6.07) is 9.81. The predicted octanol–water partition coefficient (Wildman–Crippen LogP) is 2.45. The Labute approximate surface area is 93.9 Å². The summed E-state index contributed by atoms with van der Waals surface area (Å²) in [6.45, 7) is 2.04. The molecule has 0 aliphatic carbocycles.